The molecule has 2 heterocycles. The summed E-state index contributed by atoms with van der Waals surface area (Å²) >= 11 is 1.18. The second kappa shape index (κ2) is 11.5. The van der Waals surface area contributed by atoms with E-state index in [1.807, 2.05) is 0 Å². The Morgan fingerprint density at radius 2 is 1.72 bits per heavy atom. The fourth-order valence-corrected chi connectivity index (χ4v) is 5.20. The highest BCUT2D eigenvalue weighted by Crippen LogP contribution is 2.36. The molecule has 11 heteroatoms. The number of allylic oxidation sites excluding steroid dienone is 1. The summed E-state index contributed by atoms with van der Waals surface area (Å²) in [5.74, 6) is -0.685. The average molecular weight is 551 g/mol. The first-order chi connectivity index (χ1) is 18.6. The Morgan fingerprint density at radius 3 is 2.33 bits per heavy atom. The van der Waals surface area contributed by atoms with Gasteiger partial charge in [0.1, 0.15) is 5.75 Å². The zero-order valence-electron chi connectivity index (χ0n) is 22.0. The smallest absolute Gasteiger partial charge is 0.338 e. The van der Waals surface area contributed by atoms with Gasteiger partial charge in [-0.2, -0.15) is 0 Å². The van der Waals surface area contributed by atoms with Crippen molar-refractivity contribution in [3.8, 4) is 17.2 Å². The molecule has 0 saturated carbocycles. The molecule has 10 nitrogen and oxygen atoms in total. The number of carbonyl (C=O) groups is 3. The summed E-state index contributed by atoms with van der Waals surface area (Å²) < 4.78 is 22.9. The molecule has 0 N–H and O–H groups in total. The molecule has 1 atom stereocenters. The van der Waals surface area contributed by atoms with Gasteiger partial charge in [0, 0.05) is 13.8 Å². The molecule has 1 aromatic heterocycles. The zero-order valence-corrected chi connectivity index (χ0v) is 22.8. The van der Waals surface area contributed by atoms with Crippen LogP contribution in [-0.2, 0) is 19.1 Å². The maximum absolute atomic E-state index is 13.8. The van der Waals surface area contributed by atoms with Crippen LogP contribution in [-0.4, -0.2) is 36.2 Å². The van der Waals surface area contributed by atoms with Crippen LogP contribution in [0.25, 0.3) is 6.08 Å². The number of rotatable bonds is 7. The van der Waals surface area contributed by atoms with Crippen molar-refractivity contribution in [2.45, 2.75) is 33.7 Å². The minimum Gasteiger partial charge on any atom is -0.493 e. The summed E-state index contributed by atoms with van der Waals surface area (Å²) in [5.41, 5.74) is 1.52. The molecular weight excluding hydrogens is 524 g/mol. The lowest BCUT2D eigenvalue weighted by Gasteiger charge is -2.25. The molecule has 4 rings (SSSR count). The highest BCUT2D eigenvalue weighted by Gasteiger charge is 2.34. The van der Waals surface area contributed by atoms with Gasteiger partial charge in [-0.15, -0.1) is 0 Å². The monoisotopic (exact) mass is 550 g/mol. The van der Waals surface area contributed by atoms with E-state index in [1.54, 1.807) is 62.4 Å². The van der Waals surface area contributed by atoms with E-state index in [2.05, 4.69) is 4.99 Å². The van der Waals surface area contributed by atoms with Crippen LogP contribution in [0.2, 0.25) is 0 Å². The maximum atomic E-state index is 13.8. The first-order valence-electron chi connectivity index (χ1n) is 12.0. The zero-order chi connectivity index (χ0) is 28.3. The molecule has 0 spiro atoms. The van der Waals surface area contributed by atoms with E-state index >= 15 is 0 Å². The van der Waals surface area contributed by atoms with Crippen molar-refractivity contribution in [3.05, 3.63) is 84.5 Å². The number of hydrogen-bond acceptors (Lipinski definition) is 10. The lowest BCUT2D eigenvalue weighted by Crippen LogP contribution is -2.40. The van der Waals surface area contributed by atoms with Gasteiger partial charge in [-0.3, -0.25) is 19.0 Å². The van der Waals surface area contributed by atoms with Crippen molar-refractivity contribution >= 4 is 35.3 Å². The summed E-state index contributed by atoms with van der Waals surface area (Å²) in [6.07, 6.45) is 1.70. The first-order valence-corrected chi connectivity index (χ1v) is 12.8. The van der Waals surface area contributed by atoms with Crippen LogP contribution in [0.4, 0.5) is 0 Å². The van der Waals surface area contributed by atoms with E-state index < -0.39 is 23.9 Å². The number of hydrogen-bond donors (Lipinski definition) is 0. The summed E-state index contributed by atoms with van der Waals surface area (Å²) in [6.45, 7) is 6.12. The second-order valence-electron chi connectivity index (χ2n) is 8.47. The molecule has 0 saturated heterocycles. The van der Waals surface area contributed by atoms with Crippen LogP contribution >= 0.6 is 11.3 Å². The van der Waals surface area contributed by atoms with Crippen molar-refractivity contribution in [1.82, 2.24) is 4.57 Å². The van der Waals surface area contributed by atoms with Crippen LogP contribution in [0.5, 0.6) is 17.2 Å². The summed E-state index contributed by atoms with van der Waals surface area (Å²) in [4.78, 5) is 54.5. The molecule has 0 radical (unpaired) electrons. The van der Waals surface area contributed by atoms with E-state index in [-0.39, 0.29) is 29.2 Å². The number of fused-ring (bicyclic) bond motifs is 1. The largest absolute Gasteiger partial charge is 0.493 e. The van der Waals surface area contributed by atoms with E-state index in [0.717, 1.165) is 0 Å². The fourth-order valence-electron chi connectivity index (χ4n) is 4.15. The normalized spacial score (nSPS) is 14.8. The number of ether oxygens (including phenoxy) is 4. The van der Waals surface area contributed by atoms with Gasteiger partial charge >= 0.3 is 17.9 Å². The van der Waals surface area contributed by atoms with Gasteiger partial charge in [0.05, 0.1) is 35.6 Å². The summed E-state index contributed by atoms with van der Waals surface area (Å²) in [7, 11) is 1.43. The number of thiazole rings is 1. The molecule has 1 unspecified atom stereocenters. The quantitative estimate of drug-likeness (QED) is 0.325. The van der Waals surface area contributed by atoms with E-state index in [0.29, 0.717) is 31.9 Å². The predicted octanol–water partition coefficient (Wildman–Crippen LogP) is 2.66. The molecule has 3 aromatic rings. The predicted molar refractivity (Wildman–Crippen MR) is 142 cm³/mol. The number of nitrogens with zero attached hydrogens (tertiary/aromatic N) is 2. The van der Waals surface area contributed by atoms with Gasteiger partial charge < -0.3 is 18.9 Å². The van der Waals surface area contributed by atoms with Crippen LogP contribution in [0, 0.1) is 0 Å². The van der Waals surface area contributed by atoms with Gasteiger partial charge in [0.2, 0.25) is 0 Å². The van der Waals surface area contributed by atoms with Gasteiger partial charge in [0.25, 0.3) is 5.56 Å². The van der Waals surface area contributed by atoms with Crippen LogP contribution < -0.4 is 29.1 Å². The molecule has 1 aliphatic rings. The van der Waals surface area contributed by atoms with Crippen LogP contribution in [0.1, 0.15) is 44.9 Å². The molecule has 39 heavy (non-hydrogen) atoms. The second-order valence-corrected chi connectivity index (χ2v) is 9.48. The molecule has 0 amide bonds. The van der Waals surface area contributed by atoms with E-state index in [4.69, 9.17) is 18.9 Å². The Bertz CT molecular complexity index is 1660. The molecule has 0 fully saturated rings. The Kier molecular flexibility index (Phi) is 8.10. The third-order valence-electron chi connectivity index (χ3n) is 5.71. The van der Waals surface area contributed by atoms with Gasteiger partial charge in [-0.25, -0.2) is 9.79 Å². The van der Waals surface area contributed by atoms with Crippen molar-refractivity contribution in [1.29, 1.82) is 0 Å². The fraction of sp³-hybridized carbons (Fsp3) is 0.250. The lowest BCUT2D eigenvalue weighted by atomic mass is 9.95. The standard InChI is InChI=1S/C28H26N2O8S/c1-6-36-27(34)24-15(2)29-28-30(25(24)19-9-12-21(38-17(4)32)22(14-19)35-5)26(33)23(39-28)13-18-7-10-20(11-8-18)37-16(3)31/h7-14,25H,6H2,1-5H3/b23-13-. The number of carbonyl (C=O) groups excluding carboxylic acids is 3. The molecule has 0 bridgehead atoms. The van der Waals surface area contributed by atoms with Gasteiger partial charge in [-0.05, 0) is 55.3 Å². The number of esters is 3. The Labute approximate surface area is 227 Å². The number of aromatic nitrogens is 1. The number of methoxy groups -OCH3 is 1. The van der Waals surface area contributed by atoms with Crippen molar-refractivity contribution in [2.75, 3.05) is 13.7 Å². The lowest BCUT2D eigenvalue weighted by molar-refractivity contribution is -0.139. The van der Waals surface area contributed by atoms with Crippen molar-refractivity contribution < 1.29 is 33.3 Å². The molecule has 2 aromatic carbocycles. The first kappa shape index (κ1) is 27.5. The maximum Gasteiger partial charge on any atom is 0.338 e. The van der Waals surface area contributed by atoms with Crippen LogP contribution in [0.3, 0.4) is 0 Å². The van der Waals surface area contributed by atoms with Crippen LogP contribution in [0.15, 0.2) is 63.5 Å². The minimum atomic E-state index is -0.867. The summed E-state index contributed by atoms with van der Waals surface area (Å²) in [6, 6.07) is 10.7. The van der Waals surface area contributed by atoms with Gasteiger partial charge in [-0.1, -0.05) is 29.5 Å². The highest BCUT2D eigenvalue weighted by molar-refractivity contribution is 7.07. The highest BCUT2D eigenvalue weighted by atomic mass is 32.1. The molecule has 202 valence electrons. The summed E-state index contributed by atoms with van der Waals surface area (Å²) in [5, 5.41) is 0. The SMILES string of the molecule is CCOC(=O)C1=C(C)N=c2s/c(=C\c3ccc(OC(C)=O)cc3)c(=O)n2C1c1ccc(OC(C)=O)c(OC)c1. The number of benzene rings is 2. The average Bonchev–Trinajstić information content (AvgIpc) is 3.18. The van der Waals surface area contributed by atoms with E-state index in [9.17, 15) is 19.2 Å². The molecule has 0 aliphatic carbocycles. The minimum absolute atomic E-state index is 0.144. The van der Waals surface area contributed by atoms with Crippen molar-refractivity contribution in [2.24, 2.45) is 4.99 Å². The van der Waals surface area contributed by atoms with Crippen molar-refractivity contribution in [3.63, 3.8) is 0 Å². The van der Waals surface area contributed by atoms with E-state index in [1.165, 1.54) is 36.9 Å². The Balaban J connectivity index is 1.88. The molecular formula is C28H26N2O8S. The molecule has 1 aliphatic heterocycles. The third kappa shape index (κ3) is 5.83. The Morgan fingerprint density at radius 1 is 1.03 bits per heavy atom. The Hall–Kier alpha value is -4.51. The third-order valence-corrected chi connectivity index (χ3v) is 6.70. The van der Waals surface area contributed by atoms with Gasteiger partial charge in [0.15, 0.2) is 16.3 Å². The topological polar surface area (TPSA) is 122 Å².